The fourth-order valence-corrected chi connectivity index (χ4v) is 3.16. The zero-order chi connectivity index (χ0) is 17.4. The van der Waals surface area contributed by atoms with Crippen LogP contribution < -0.4 is 0 Å². The summed E-state index contributed by atoms with van der Waals surface area (Å²) >= 11 is 0. The average molecular weight is 310 g/mol. The molecule has 0 bridgehead atoms. The lowest BCUT2D eigenvalue weighted by molar-refractivity contribution is 0.0987. The van der Waals surface area contributed by atoms with E-state index in [9.17, 15) is 4.79 Å². The molecule has 0 saturated carbocycles. The van der Waals surface area contributed by atoms with Crippen LogP contribution in [0.5, 0.6) is 0 Å². The van der Waals surface area contributed by atoms with Gasteiger partial charge in [0, 0.05) is 12.0 Å². The van der Waals surface area contributed by atoms with Crippen LogP contribution in [0.4, 0.5) is 0 Å². The minimum atomic E-state index is 0.0520. The van der Waals surface area contributed by atoms with Crippen LogP contribution >= 0.6 is 0 Å². The van der Waals surface area contributed by atoms with E-state index in [0.29, 0.717) is 6.42 Å². The third-order valence-electron chi connectivity index (χ3n) is 4.57. The Kier molecular flexibility index (Phi) is 4.71. The number of benzene rings is 1. The minimum absolute atomic E-state index is 0.0520. The largest absolute Gasteiger partial charge is 0.294 e. The maximum absolute atomic E-state index is 12.6. The molecule has 0 atom stereocenters. The smallest absolute Gasteiger partial charge is 0.163 e. The first-order chi connectivity index (χ1) is 10.6. The zero-order valence-electron chi connectivity index (χ0n) is 15.7. The highest BCUT2D eigenvalue weighted by Gasteiger charge is 2.26. The second-order valence-corrected chi connectivity index (χ2v) is 8.54. The Labute approximate surface area is 141 Å². The van der Waals surface area contributed by atoms with Crippen molar-refractivity contribution in [2.75, 3.05) is 0 Å². The predicted molar refractivity (Wildman–Crippen MR) is 99.9 cm³/mol. The average Bonchev–Trinajstić information content (AvgIpc) is 2.94. The first kappa shape index (κ1) is 17.7. The van der Waals surface area contributed by atoms with Crippen molar-refractivity contribution in [2.45, 2.75) is 66.7 Å². The summed E-state index contributed by atoms with van der Waals surface area (Å²) in [5.74, 6) is 0.235. The third kappa shape index (κ3) is 3.65. The summed E-state index contributed by atoms with van der Waals surface area (Å²) in [7, 11) is 0. The van der Waals surface area contributed by atoms with Gasteiger partial charge in [-0.1, -0.05) is 72.8 Å². The highest BCUT2D eigenvalue weighted by Crippen LogP contribution is 2.41. The van der Waals surface area contributed by atoms with Gasteiger partial charge >= 0.3 is 0 Å². The maximum Gasteiger partial charge on any atom is 0.163 e. The summed E-state index contributed by atoms with van der Waals surface area (Å²) in [5, 5.41) is 0. The molecule has 1 aliphatic rings. The third-order valence-corrected chi connectivity index (χ3v) is 4.57. The van der Waals surface area contributed by atoms with Gasteiger partial charge < -0.3 is 0 Å². The lowest BCUT2D eigenvalue weighted by Gasteiger charge is -2.25. The van der Waals surface area contributed by atoms with E-state index in [1.54, 1.807) is 0 Å². The monoisotopic (exact) mass is 310 g/mol. The Morgan fingerprint density at radius 3 is 2.22 bits per heavy atom. The highest BCUT2D eigenvalue weighted by atomic mass is 16.1. The molecule has 0 aliphatic heterocycles. The van der Waals surface area contributed by atoms with Crippen molar-refractivity contribution in [3.05, 3.63) is 52.6 Å². The van der Waals surface area contributed by atoms with Gasteiger partial charge in [0.15, 0.2) is 5.78 Å². The van der Waals surface area contributed by atoms with Gasteiger partial charge in [-0.2, -0.15) is 0 Å². The van der Waals surface area contributed by atoms with Gasteiger partial charge in [-0.3, -0.25) is 4.79 Å². The van der Waals surface area contributed by atoms with E-state index in [4.69, 9.17) is 0 Å². The van der Waals surface area contributed by atoms with Crippen molar-refractivity contribution in [1.29, 1.82) is 0 Å². The molecule has 0 fully saturated rings. The van der Waals surface area contributed by atoms with Crippen LogP contribution in [0.1, 0.15) is 82.8 Å². The van der Waals surface area contributed by atoms with Crippen molar-refractivity contribution in [3.8, 4) is 0 Å². The first-order valence-electron chi connectivity index (χ1n) is 8.64. The molecule has 0 radical (unpaired) electrons. The van der Waals surface area contributed by atoms with Gasteiger partial charge in [-0.25, -0.2) is 0 Å². The highest BCUT2D eigenvalue weighted by molar-refractivity contribution is 6.01. The second kappa shape index (κ2) is 6.11. The number of allylic oxidation sites excluding steroid dienone is 4. The molecule has 0 amide bonds. The van der Waals surface area contributed by atoms with Gasteiger partial charge in [-0.05, 0) is 45.6 Å². The summed E-state index contributed by atoms with van der Waals surface area (Å²) in [6.07, 6.45) is 5.92. The quantitative estimate of drug-likeness (QED) is 0.596. The number of ketones is 1. The zero-order valence-corrected chi connectivity index (χ0v) is 15.7. The van der Waals surface area contributed by atoms with Crippen LogP contribution in [0.2, 0.25) is 0 Å². The Morgan fingerprint density at radius 2 is 1.70 bits per heavy atom. The van der Waals surface area contributed by atoms with E-state index >= 15 is 0 Å². The number of hydrogen-bond acceptors (Lipinski definition) is 1. The molecule has 0 unspecified atom stereocenters. The van der Waals surface area contributed by atoms with Crippen molar-refractivity contribution < 1.29 is 4.79 Å². The van der Waals surface area contributed by atoms with Crippen molar-refractivity contribution in [1.82, 2.24) is 0 Å². The molecule has 0 heterocycles. The molecule has 1 nitrogen and oxygen atoms in total. The molecule has 0 saturated heterocycles. The molecular weight excluding hydrogens is 280 g/mol. The van der Waals surface area contributed by atoms with Crippen molar-refractivity contribution in [2.24, 2.45) is 5.41 Å². The van der Waals surface area contributed by atoms with Gasteiger partial charge in [0.05, 0.1) is 0 Å². The molecule has 0 aromatic heterocycles. The van der Waals surface area contributed by atoms with E-state index < -0.39 is 0 Å². The van der Waals surface area contributed by atoms with Gasteiger partial charge in [0.2, 0.25) is 0 Å². The number of hydrogen-bond donors (Lipinski definition) is 0. The minimum Gasteiger partial charge on any atom is -0.294 e. The van der Waals surface area contributed by atoms with Crippen LogP contribution in [-0.2, 0) is 5.41 Å². The topological polar surface area (TPSA) is 17.1 Å². The summed E-state index contributed by atoms with van der Waals surface area (Å²) in [5.41, 5.74) is 6.05. The molecular formula is C22H30O. The number of Topliss-reactive ketones (excluding diaryl/α,β-unsaturated/α-hetero) is 1. The summed E-state index contributed by atoms with van der Waals surface area (Å²) in [4.78, 5) is 12.6. The number of carbonyl (C=O) groups is 1. The Hall–Kier alpha value is -1.63. The molecule has 23 heavy (non-hydrogen) atoms. The predicted octanol–water partition coefficient (Wildman–Crippen LogP) is 6.34. The van der Waals surface area contributed by atoms with Gasteiger partial charge in [0.25, 0.3) is 0 Å². The number of rotatable bonds is 3. The van der Waals surface area contributed by atoms with Crippen molar-refractivity contribution >= 4 is 11.4 Å². The van der Waals surface area contributed by atoms with E-state index in [0.717, 1.165) is 17.5 Å². The van der Waals surface area contributed by atoms with Crippen LogP contribution in [0.15, 0.2) is 35.9 Å². The lowest BCUT2D eigenvalue weighted by Crippen LogP contribution is -2.14. The van der Waals surface area contributed by atoms with Gasteiger partial charge in [0.1, 0.15) is 0 Å². The lowest BCUT2D eigenvalue weighted by atomic mass is 9.79. The summed E-state index contributed by atoms with van der Waals surface area (Å²) in [6.45, 7) is 15.2. The van der Waals surface area contributed by atoms with Crippen molar-refractivity contribution in [3.63, 3.8) is 0 Å². The SMILES string of the molecule is CCC(=O)c1cc(C(C)(C)C)ccc1C1=C(C(C)(C)C)C=CC1. The van der Waals surface area contributed by atoms with E-state index in [1.807, 2.05) is 6.92 Å². The first-order valence-corrected chi connectivity index (χ1v) is 8.64. The van der Waals surface area contributed by atoms with Crippen LogP contribution in [0.3, 0.4) is 0 Å². The standard InChI is InChI=1S/C22H30O/c1-8-20(23)18-14-15(21(2,3)4)12-13-16(18)17-10-9-11-19(17)22(5,6)7/h9,11-14H,8,10H2,1-7H3. The van der Waals surface area contributed by atoms with Gasteiger partial charge in [-0.15, -0.1) is 0 Å². The molecule has 1 heteroatoms. The van der Waals surface area contributed by atoms with E-state index in [1.165, 1.54) is 16.7 Å². The molecule has 124 valence electrons. The molecule has 1 aliphatic carbocycles. The fourth-order valence-electron chi connectivity index (χ4n) is 3.16. The number of carbonyl (C=O) groups excluding carboxylic acids is 1. The van der Waals surface area contributed by atoms with Crippen LogP contribution in [-0.4, -0.2) is 5.78 Å². The van der Waals surface area contributed by atoms with Crippen LogP contribution in [0, 0.1) is 5.41 Å². The molecule has 1 aromatic carbocycles. The maximum atomic E-state index is 12.6. The summed E-state index contributed by atoms with van der Waals surface area (Å²) < 4.78 is 0. The van der Waals surface area contributed by atoms with Crippen LogP contribution in [0.25, 0.3) is 5.57 Å². The molecule has 0 N–H and O–H groups in total. The second-order valence-electron chi connectivity index (χ2n) is 8.54. The normalized spacial score (nSPS) is 15.4. The molecule has 0 spiro atoms. The van der Waals surface area contributed by atoms with E-state index in [2.05, 4.69) is 71.9 Å². The molecule has 2 rings (SSSR count). The fraction of sp³-hybridized carbons (Fsp3) is 0.500. The Balaban J connectivity index is 2.66. The van der Waals surface area contributed by atoms with E-state index in [-0.39, 0.29) is 16.6 Å². The molecule has 1 aromatic rings. The Bertz CT molecular complexity index is 673. The summed E-state index contributed by atoms with van der Waals surface area (Å²) in [6, 6.07) is 6.47. The Morgan fingerprint density at radius 1 is 1.04 bits per heavy atom.